The van der Waals surface area contributed by atoms with Gasteiger partial charge in [0.15, 0.2) is 27.2 Å². The van der Waals surface area contributed by atoms with Crippen molar-refractivity contribution >= 4 is 32.7 Å². The van der Waals surface area contributed by atoms with Gasteiger partial charge in [-0.15, -0.1) is 0 Å². The van der Waals surface area contributed by atoms with Crippen LogP contribution in [0.5, 0.6) is 5.75 Å². The fourth-order valence-corrected chi connectivity index (χ4v) is 3.43. The molecular weight excluding hydrogens is 415 g/mol. The third-order valence-electron chi connectivity index (χ3n) is 4.26. The summed E-state index contributed by atoms with van der Waals surface area (Å²) in [7, 11) is -3.32. The highest BCUT2D eigenvalue weighted by Crippen LogP contribution is 2.29. The van der Waals surface area contributed by atoms with Gasteiger partial charge in [0.2, 0.25) is 0 Å². The number of aromatic nitrogens is 2. The Bertz CT molecular complexity index is 1240. The Kier molecular flexibility index (Phi) is 5.74. The van der Waals surface area contributed by atoms with Gasteiger partial charge in [0.05, 0.1) is 22.6 Å². The third kappa shape index (κ3) is 4.25. The zero-order valence-electron chi connectivity index (χ0n) is 16.2. The van der Waals surface area contributed by atoms with Crippen LogP contribution < -0.4 is 15.8 Å². The number of nitrogens with zero attached hydrogens (tertiary/aromatic N) is 1. The predicted molar refractivity (Wildman–Crippen MR) is 106 cm³/mol. The number of fused-ring (bicyclic) bond motifs is 1. The van der Waals surface area contributed by atoms with E-state index in [-0.39, 0.29) is 46.2 Å². The first kappa shape index (κ1) is 21.2. The van der Waals surface area contributed by atoms with Gasteiger partial charge in [-0.05, 0) is 30.7 Å². The van der Waals surface area contributed by atoms with Gasteiger partial charge in [0, 0.05) is 12.8 Å². The van der Waals surface area contributed by atoms with Gasteiger partial charge in [0.25, 0.3) is 11.8 Å². The van der Waals surface area contributed by atoms with E-state index in [1.165, 1.54) is 18.2 Å². The molecule has 0 saturated carbocycles. The Balaban J connectivity index is 1.91. The Morgan fingerprint density at radius 3 is 2.50 bits per heavy atom. The molecule has 0 aliphatic rings. The number of hydrogen-bond donors (Lipinski definition) is 3. The molecule has 0 atom stereocenters. The Hall–Kier alpha value is -3.47. The molecule has 1 aromatic heterocycles. The summed E-state index contributed by atoms with van der Waals surface area (Å²) in [6.07, 6.45) is 1.10. The van der Waals surface area contributed by atoms with E-state index in [0.717, 1.165) is 6.26 Å². The number of imidazole rings is 1. The van der Waals surface area contributed by atoms with E-state index in [0.29, 0.717) is 5.56 Å². The first-order chi connectivity index (χ1) is 14.1. The Morgan fingerprint density at radius 2 is 1.93 bits per heavy atom. The SMILES string of the molecule is CCOc1cc(C(=O)NCc2ccc(S(C)(=O)=O)cc2)c2[nH]c(C(N)=O)nc2c1F. The van der Waals surface area contributed by atoms with E-state index in [1.54, 1.807) is 19.1 Å². The molecule has 158 valence electrons. The highest BCUT2D eigenvalue weighted by molar-refractivity contribution is 7.90. The van der Waals surface area contributed by atoms with Crippen molar-refractivity contribution in [3.63, 3.8) is 0 Å². The minimum absolute atomic E-state index is 0.00896. The molecule has 0 spiro atoms. The molecule has 30 heavy (non-hydrogen) atoms. The van der Waals surface area contributed by atoms with Crippen molar-refractivity contribution < 1.29 is 27.1 Å². The maximum absolute atomic E-state index is 14.6. The summed E-state index contributed by atoms with van der Waals surface area (Å²) in [6.45, 7) is 1.90. The van der Waals surface area contributed by atoms with Gasteiger partial charge in [-0.1, -0.05) is 12.1 Å². The lowest BCUT2D eigenvalue weighted by atomic mass is 10.1. The average Bonchev–Trinajstić information content (AvgIpc) is 3.14. The molecule has 2 aromatic carbocycles. The van der Waals surface area contributed by atoms with Crippen molar-refractivity contribution in [2.45, 2.75) is 18.4 Å². The van der Waals surface area contributed by atoms with Crippen molar-refractivity contribution in [2.24, 2.45) is 5.73 Å². The van der Waals surface area contributed by atoms with E-state index in [4.69, 9.17) is 10.5 Å². The number of hydrogen-bond acceptors (Lipinski definition) is 6. The number of ether oxygens (including phenoxy) is 1. The van der Waals surface area contributed by atoms with Gasteiger partial charge >= 0.3 is 0 Å². The summed E-state index contributed by atoms with van der Waals surface area (Å²) < 4.78 is 42.9. The number of primary amides is 1. The largest absolute Gasteiger partial charge is 0.491 e. The maximum atomic E-state index is 14.6. The number of amides is 2. The molecule has 0 radical (unpaired) electrons. The maximum Gasteiger partial charge on any atom is 0.284 e. The number of nitrogens with one attached hydrogen (secondary N) is 2. The molecule has 1 heterocycles. The van der Waals surface area contributed by atoms with Crippen LogP contribution in [-0.2, 0) is 16.4 Å². The van der Waals surface area contributed by atoms with E-state index in [2.05, 4.69) is 15.3 Å². The number of sulfone groups is 1. The first-order valence-electron chi connectivity index (χ1n) is 8.83. The molecule has 2 amide bonds. The summed E-state index contributed by atoms with van der Waals surface area (Å²) in [6, 6.07) is 7.24. The minimum atomic E-state index is -3.32. The molecule has 9 nitrogen and oxygen atoms in total. The quantitative estimate of drug-likeness (QED) is 0.514. The summed E-state index contributed by atoms with van der Waals surface area (Å²) in [5, 5.41) is 2.66. The van der Waals surface area contributed by atoms with E-state index in [1.807, 2.05) is 0 Å². The van der Waals surface area contributed by atoms with Gasteiger partial charge < -0.3 is 20.8 Å². The average molecular weight is 434 g/mol. The van der Waals surface area contributed by atoms with Gasteiger partial charge in [-0.25, -0.2) is 17.8 Å². The van der Waals surface area contributed by atoms with E-state index < -0.39 is 27.5 Å². The van der Waals surface area contributed by atoms with E-state index in [9.17, 15) is 22.4 Å². The third-order valence-corrected chi connectivity index (χ3v) is 5.38. The lowest BCUT2D eigenvalue weighted by Crippen LogP contribution is -2.23. The van der Waals surface area contributed by atoms with Crippen LogP contribution >= 0.6 is 0 Å². The zero-order chi connectivity index (χ0) is 22.1. The standard InChI is InChI=1S/C19H19FN4O5S/c1-3-29-13-8-12(15-16(14(13)20)24-18(23-15)17(21)25)19(26)22-9-10-4-6-11(7-5-10)30(2,27)28/h4-8H,3,9H2,1-2H3,(H2,21,25)(H,22,26)(H,23,24). The normalized spacial score (nSPS) is 11.4. The van der Waals surface area contributed by atoms with Gasteiger partial charge in [0.1, 0.15) is 5.52 Å². The lowest BCUT2D eigenvalue weighted by molar-refractivity contribution is 0.0949. The molecule has 0 unspecified atom stereocenters. The van der Waals surface area contributed by atoms with Crippen LogP contribution in [0.3, 0.4) is 0 Å². The number of carbonyl (C=O) groups excluding carboxylic acids is 2. The molecule has 0 aliphatic carbocycles. The smallest absolute Gasteiger partial charge is 0.284 e. The second kappa shape index (κ2) is 8.11. The molecular formula is C19H19FN4O5S. The van der Waals surface area contributed by atoms with Crippen molar-refractivity contribution in [3.8, 4) is 5.75 Å². The molecule has 0 bridgehead atoms. The Labute approximate surface area is 171 Å². The number of rotatable bonds is 7. The topological polar surface area (TPSA) is 144 Å². The monoisotopic (exact) mass is 434 g/mol. The number of aromatic amines is 1. The highest BCUT2D eigenvalue weighted by atomic mass is 32.2. The van der Waals surface area contributed by atoms with Crippen LogP contribution in [0.15, 0.2) is 35.2 Å². The van der Waals surface area contributed by atoms with Crippen LogP contribution in [0.1, 0.15) is 33.5 Å². The second-order valence-electron chi connectivity index (χ2n) is 6.44. The second-order valence-corrected chi connectivity index (χ2v) is 8.46. The molecule has 4 N–H and O–H groups in total. The summed E-state index contributed by atoms with van der Waals surface area (Å²) >= 11 is 0. The van der Waals surface area contributed by atoms with Crippen molar-refractivity contribution in [1.29, 1.82) is 0 Å². The van der Waals surface area contributed by atoms with Crippen molar-refractivity contribution in [1.82, 2.24) is 15.3 Å². The molecule has 3 aromatic rings. The molecule has 11 heteroatoms. The minimum Gasteiger partial charge on any atom is -0.491 e. The number of halogens is 1. The van der Waals surface area contributed by atoms with Crippen molar-refractivity contribution in [3.05, 3.63) is 53.1 Å². The van der Waals surface area contributed by atoms with Gasteiger partial charge in [-0.3, -0.25) is 9.59 Å². The van der Waals surface area contributed by atoms with Crippen LogP contribution in [0.2, 0.25) is 0 Å². The predicted octanol–water partition coefficient (Wildman–Crippen LogP) is 1.53. The fraction of sp³-hybridized carbons (Fsp3) is 0.211. The first-order valence-corrected chi connectivity index (χ1v) is 10.7. The van der Waals surface area contributed by atoms with Crippen LogP contribution in [0.25, 0.3) is 11.0 Å². The lowest BCUT2D eigenvalue weighted by Gasteiger charge is -2.10. The number of nitrogens with two attached hydrogens (primary N) is 1. The van der Waals surface area contributed by atoms with Crippen LogP contribution in [0.4, 0.5) is 4.39 Å². The number of carbonyl (C=O) groups is 2. The molecule has 0 fully saturated rings. The van der Waals surface area contributed by atoms with E-state index >= 15 is 0 Å². The number of H-pyrrole nitrogens is 1. The molecule has 0 saturated heterocycles. The fourth-order valence-electron chi connectivity index (χ4n) is 2.80. The highest BCUT2D eigenvalue weighted by Gasteiger charge is 2.22. The summed E-state index contributed by atoms with van der Waals surface area (Å²) in [5.74, 6) is -2.77. The van der Waals surface area contributed by atoms with Crippen LogP contribution in [-0.4, -0.2) is 43.1 Å². The molecule has 0 aliphatic heterocycles. The van der Waals surface area contributed by atoms with Gasteiger partial charge in [-0.2, -0.15) is 0 Å². The van der Waals surface area contributed by atoms with Crippen LogP contribution in [0, 0.1) is 5.82 Å². The molecule has 3 rings (SSSR count). The summed E-state index contributed by atoms with van der Waals surface area (Å²) in [5.41, 5.74) is 5.64. The zero-order valence-corrected chi connectivity index (χ0v) is 17.0. The number of benzene rings is 2. The Morgan fingerprint density at radius 1 is 1.27 bits per heavy atom. The van der Waals surface area contributed by atoms with Crippen molar-refractivity contribution in [2.75, 3.05) is 12.9 Å². The summed E-state index contributed by atoms with van der Waals surface area (Å²) in [4.78, 5) is 30.7.